The van der Waals surface area contributed by atoms with Crippen molar-refractivity contribution in [3.63, 3.8) is 0 Å². The number of hydrogen-bond donors (Lipinski definition) is 0. The van der Waals surface area contributed by atoms with E-state index in [1.54, 1.807) is 0 Å². The van der Waals surface area contributed by atoms with Gasteiger partial charge < -0.3 is 0 Å². The van der Waals surface area contributed by atoms with Crippen molar-refractivity contribution in [2.24, 2.45) is 0 Å². The van der Waals surface area contributed by atoms with Gasteiger partial charge in [0.15, 0.2) is 0 Å². The molecular weight excluding hydrogens is 422 g/mol. The first-order valence-corrected chi connectivity index (χ1v) is 12.1. The minimum Gasteiger partial charge on any atom is -0.192 e. The lowest BCUT2D eigenvalue weighted by Gasteiger charge is -2.27. The fourth-order valence-electron chi connectivity index (χ4n) is 5.05. The molecule has 0 spiro atoms. The molecule has 5 rings (SSSR count). The fraction of sp³-hybridized carbons (Fsp3) is 0.0882. The molecule has 0 aliphatic heterocycles. The molecule has 0 unspecified atom stereocenters. The molecular formula is C34H27N. The molecule has 0 heterocycles. The van der Waals surface area contributed by atoms with Crippen LogP contribution < -0.4 is 0 Å². The second-order valence-corrected chi connectivity index (χ2v) is 9.02. The predicted molar refractivity (Wildman–Crippen MR) is 147 cm³/mol. The third kappa shape index (κ3) is 4.16. The van der Waals surface area contributed by atoms with E-state index < -0.39 is 0 Å². The van der Waals surface area contributed by atoms with E-state index >= 15 is 0 Å². The van der Waals surface area contributed by atoms with E-state index in [0.717, 1.165) is 44.5 Å². The number of nitriles is 1. The molecule has 0 aliphatic rings. The van der Waals surface area contributed by atoms with Gasteiger partial charge in [-0.1, -0.05) is 135 Å². The van der Waals surface area contributed by atoms with Crippen LogP contribution in [0.4, 0.5) is 0 Å². The van der Waals surface area contributed by atoms with Crippen molar-refractivity contribution in [1.29, 1.82) is 5.26 Å². The molecule has 0 radical (unpaired) electrons. The number of rotatable bonds is 5. The van der Waals surface area contributed by atoms with Gasteiger partial charge in [0.1, 0.15) is 6.07 Å². The van der Waals surface area contributed by atoms with E-state index in [1.165, 1.54) is 5.56 Å². The largest absolute Gasteiger partial charge is 0.192 e. The Morgan fingerprint density at radius 3 is 1.00 bits per heavy atom. The molecule has 0 saturated heterocycles. The Labute approximate surface area is 208 Å². The maximum Gasteiger partial charge on any atom is 0.100 e. The summed E-state index contributed by atoms with van der Waals surface area (Å²) < 4.78 is 0. The molecule has 0 amide bonds. The van der Waals surface area contributed by atoms with Crippen LogP contribution in [-0.2, 0) is 0 Å². The lowest BCUT2D eigenvalue weighted by Crippen LogP contribution is -2.05. The first-order chi connectivity index (χ1) is 17.2. The van der Waals surface area contributed by atoms with Gasteiger partial charge in [0.2, 0.25) is 0 Å². The van der Waals surface area contributed by atoms with Gasteiger partial charge in [-0.15, -0.1) is 0 Å². The average Bonchev–Trinajstić information content (AvgIpc) is 2.93. The summed E-state index contributed by atoms with van der Waals surface area (Å²) in [5.74, 6) is 0.234. The molecule has 0 atom stereocenters. The third-order valence-corrected chi connectivity index (χ3v) is 6.48. The Morgan fingerprint density at radius 2 is 0.743 bits per heavy atom. The zero-order valence-corrected chi connectivity index (χ0v) is 20.1. The highest BCUT2D eigenvalue weighted by atomic mass is 14.3. The smallest absolute Gasteiger partial charge is 0.100 e. The van der Waals surface area contributed by atoms with Crippen LogP contribution in [0.2, 0.25) is 0 Å². The van der Waals surface area contributed by atoms with E-state index in [9.17, 15) is 5.26 Å². The molecule has 1 nitrogen and oxygen atoms in total. The van der Waals surface area contributed by atoms with Gasteiger partial charge in [-0.2, -0.15) is 5.26 Å². The van der Waals surface area contributed by atoms with Crippen molar-refractivity contribution < 1.29 is 0 Å². The number of nitrogens with zero attached hydrogens (tertiary/aromatic N) is 1. The van der Waals surface area contributed by atoms with Crippen LogP contribution in [0, 0.1) is 11.3 Å². The molecule has 168 valence electrons. The zero-order valence-electron chi connectivity index (χ0n) is 20.1. The molecule has 0 saturated carbocycles. The molecule has 0 bridgehead atoms. The van der Waals surface area contributed by atoms with Crippen LogP contribution in [0.25, 0.3) is 44.5 Å². The van der Waals surface area contributed by atoms with Crippen molar-refractivity contribution in [1.82, 2.24) is 0 Å². The van der Waals surface area contributed by atoms with Gasteiger partial charge in [-0.3, -0.25) is 0 Å². The summed E-state index contributed by atoms with van der Waals surface area (Å²) in [6.07, 6.45) is 0. The summed E-state index contributed by atoms with van der Waals surface area (Å²) in [5, 5.41) is 10.7. The molecule has 5 aromatic rings. The van der Waals surface area contributed by atoms with Gasteiger partial charge in [-0.25, -0.2) is 0 Å². The zero-order chi connectivity index (χ0) is 24.2. The summed E-state index contributed by atoms with van der Waals surface area (Å²) >= 11 is 0. The molecule has 0 N–H and O–H groups in total. The Morgan fingerprint density at radius 1 is 0.457 bits per heavy atom. The second-order valence-electron chi connectivity index (χ2n) is 9.02. The SMILES string of the molecule is CC(C)c1c(-c2ccccc2)c(-c2ccccc2)c(C#N)c(-c2ccccc2)c1-c1ccccc1. The van der Waals surface area contributed by atoms with Gasteiger partial charge >= 0.3 is 0 Å². The topological polar surface area (TPSA) is 23.8 Å². The predicted octanol–water partition coefficient (Wildman–Crippen LogP) is 9.35. The third-order valence-electron chi connectivity index (χ3n) is 6.48. The van der Waals surface area contributed by atoms with E-state index in [0.29, 0.717) is 5.56 Å². The van der Waals surface area contributed by atoms with Crippen LogP contribution in [-0.4, -0.2) is 0 Å². The summed E-state index contributed by atoms with van der Waals surface area (Å²) in [5.41, 5.74) is 10.6. The lowest BCUT2D eigenvalue weighted by atomic mass is 9.75. The van der Waals surface area contributed by atoms with E-state index in [4.69, 9.17) is 0 Å². The number of benzene rings is 5. The maximum absolute atomic E-state index is 10.7. The normalized spacial score (nSPS) is 10.8. The van der Waals surface area contributed by atoms with E-state index in [1.807, 2.05) is 48.5 Å². The Hall–Kier alpha value is -4.41. The van der Waals surface area contributed by atoms with Gasteiger partial charge in [0.05, 0.1) is 5.56 Å². The summed E-state index contributed by atoms with van der Waals surface area (Å²) in [6.45, 7) is 4.51. The standard InChI is InChI=1S/C34H27N/c1-24(2)30-33(27-19-11-5-12-20-27)31(25-15-7-3-8-16-25)29(23-35)32(26-17-9-4-10-18-26)34(30)28-21-13-6-14-22-28/h3-22,24H,1-2H3. The first kappa shape index (κ1) is 22.4. The molecule has 0 fully saturated rings. The molecule has 5 aromatic carbocycles. The highest BCUT2D eigenvalue weighted by molar-refractivity contribution is 6.03. The quantitative estimate of drug-likeness (QED) is 0.262. The van der Waals surface area contributed by atoms with Crippen molar-refractivity contribution >= 4 is 0 Å². The van der Waals surface area contributed by atoms with Crippen molar-refractivity contribution in [2.45, 2.75) is 19.8 Å². The Bertz CT molecular complexity index is 1370. The summed E-state index contributed by atoms with van der Waals surface area (Å²) in [7, 11) is 0. The van der Waals surface area contributed by atoms with Crippen LogP contribution in [0.5, 0.6) is 0 Å². The average molecular weight is 450 g/mol. The van der Waals surface area contributed by atoms with Crippen LogP contribution in [0.15, 0.2) is 121 Å². The van der Waals surface area contributed by atoms with Crippen molar-refractivity contribution in [3.05, 3.63) is 132 Å². The Kier molecular flexibility index (Phi) is 6.29. The number of hydrogen-bond acceptors (Lipinski definition) is 1. The highest BCUT2D eigenvalue weighted by Gasteiger charge is 2.28. The Balaban J connectivity index is 2.07. The van der Waals surface area contributed by atoms with Gasteiger partial charge in [0.25, 0.3) is 0 Å². The van der Waals surface area contributed by atoms with Gasteiger partial charge in [0, 0.05) is 11.1 Å². The molecule has 35 heavy (non-hydrogen) atoms. The van der Waals surface area contributed by atoms with E-state index in [-0.39, 0.29) is 5.92 Å². The summed E-state index contributed by atoms with van der Waals surface area (Å²) in [4.78, 5) is 0. The maximum atomic E-state index is 10.7. The monoisotopic (exact) mass is 449 g/mol. The lowest BCUT2D eigenvalue weighted by molar-refractivity contribution is 0.872. The second kappa shape index (κ2) is 9.84. The van der Waals surface area contributed by atoms with Crippen molar-refractivity contribution in [3.8, 4) is 50.6 Å². The van der Waals surface area contributed by atoms with Crippen LogP contribution in [0.3, 0.4) is 0 Å². The van der Waals surface area contributed by atoms with Crippen LogP contribution in [0.1, 0.15) is 30.9 Å². The summed E-state index contributed by atoms with van der Waals surface area (Å²) in [6, 6.07) is 44.4. The van der Waals surface area contributed by atoms with Crippen molar-refractivity contribution in [2.75, 3.05) is 0 Å². The molecule has 1 heteroatoms. The minimum atomic E-state index is 0.234. The first-order valence-electron chi connectivity index (χ1n) is 12.1. The highest BCUT2D eigenvalue weighted by Crippen LogP contribution is 2.50. The van der Waals surface area contributed by atoms with Crippen LogP contribution >= 0.6 is 0 Å². The van der Waals surface area contributed by atoms with E-state index in [2.05, 4.69) is 92.7 Å². The minimum absolute atomic E-state index is 0.234. The molecule has 0 aliphatic carbocycles. The van der Waals surface area contributed by atoms with Gasteiger partial charge in [-0.05, 0) is 44.9 Å². The molecule has 0 aromatic heterocycles. The fourth-order valence-corrected chi connectivity index (χ4v) is 5.05.